The second-order valence-electron chi connectivity index (χ2n) is 5.83. The van der Waals surface area contributed by atoms with Gasteiger partial charge in [-0.05, 0) is 57.7 Å². The van der Waals surface area contributed by atoms with Crippen molar-refractivity contribution in [3.63, 3.8) is 0 Å². The third kappa shape index (κ3) is 3.46. The van der Waals surface area contributed by atoms with Gasteiger partial charge in [-0.15, -0.1) is 0 Å². The van der Waals surface area contributed by atoms with Crippen molar-refractivity contribution in [3.05, 3.63) is 34.9 Å². The lowest BCUT2D eigenvalue weighted by Crippen LogP contribution is -2.47. The van der Waals surface area contributed by atoms with Gasteiger partial charge < -0.3 is 10.0 Å². The molecule has 2 atom stereocenters. The summed E-state index contributed by atoms with van der Waals surface area (Å²) in [5.41, 5.74) is 2.52. The van der Waals surface area contributed by atoms with E-state index in [9.17, 15) is 4.79 Å². The van der Waals surface area contributed by atoms with Gasteiger partial charge in [0.2, 0.25) is 0 Å². The molecule has 0 aliphatic carbocycles. The van der Waals surface area contributed by atoms with E-state index < -0.39 is 0 Å². The lowest BCUT2D eigenvalue weighted by Gasteiger charge is -2.39. The Morgan fingerprint density at radius 2 is 2.00 bits per heavy atom. The molecule has 0 bridgehead atoms. The highest BCUT2D eigenvalue weighted by atomic mass is 16.2. The first-order valence-electron chi connectivity index (χ1n) is 7.57. The number of carbonyl (C=O) groups excluding carboxylic acids is 1. The van der Waals surface area contributed by atoms with E-state index >= 15 is 0 Å². The molecule has 1 heterocycles. The van der Waals surface area contributed by atoms with Crippen LogP contribution in [0, 0.1) is 18.8 Å². The van der Waals surface area contributed by atoms with Gasteiger partial charge in [-0.25, -0.2) is 0 Å². The van der Waals surface area contributed by atoms with Crippen LogP contribution in [0.25, 0.3) is 0 Å². The fraction of sp³-hybridized carbons (Fsp3) is 0.500. The van der Waals surface area contributed by atoms with Crippen LogP contribution in [-0.2, 0) is 0 Å². The summed E-state index contributed by atoms with van der Waals surface area (Å²) < 4.78 is 0. The largest absolute Gasteiger partial charge is 0.384 e. The number of rotatable bonds is 1. The molecular formula is C18H23NO2. The van der Waals surface area contributed by atoms with Crippen molar-refractivity contribution < 1.29 is 9.90 Å². The summed E-state index contributed by atoms with van der Waals surface area (Å²) in [4.78, 5) is 14.8. The van der Waals surface area contributed by atoms with Gasteiger partial charge in [-0.1, -0.05) is 17.9 Å². The lowest BCUT2D eigenvalue weighted by atomic mass is 9.95. The maximum atomic E-state index is 12.8. The number of hydrogen-bond donors (Lipinski definition) is 1. The number of likely N-dealkylation sites (tertiary alicyclic amines) is 1. The molecule has 1 fully saturated rings. The third-order valence-corrected chi connectivity index (χ3v) is 4.21. The molecule has 3 heteroatoms. The molecule has 0 aromatic heterocycles. The third-order valence-electron chi connectivity index (χ3n) is 4.21. The van der Waals surface area contributed by atoms with Crippen LogP contribution in [0.1, 0.15) is 54.6 Å². The van der Waals surface area contributed by atoms with Crippen molar-refractivity contribution in [1.29, 1.82) is 0 Å². The highest BCUT2D eigenvalue weighted by Crippen LogP contribution is 2.25. The van der Waals surface area contributed by atoms with Gasteiger partial charge in [0.25, 0.3) is 5.91 Å². The first-order chi connectivity index (χ1) is 10.0. The Labute approximate surface area is 127 Å². The van der Waals surface area contributed by atoms with Gasteiger partial charge in [0, 0.05) is 23.2 Å². The summed E-state index contributed by atoms with van der Waals surface area (Å²) in [7, 11) is 0. The zero-order chi connectivity index (χ0) is 15.4. The SMILES string of the molecule is Cc1ccc(C(=O)N2[C@H](C)CCC[C@@H]2C)cc1C#CCO. The standard InChI is InChI=1S/C18H23NO2/c1-13-9-10-17(12-16(13)8-5-11-20)18(21)19-14(2)6-4-7-15(19)3/h9-10,12,14-15,20H,4,6-7,11H2,1-3H3/t14-,15+. The van der Waals surface area contributed by atoms with E-state index in [-0.39, 0.29) is 24.6 Å². The van der Waals surface area contributed by atoms with Crippen LogP contribution in [-0.4, -0.2) is 34.6 Å². The summed E-state index contributed by atoms with van der Waals surface area (Å²) in [6.07, 6.45) is 3.32. The van der Waals surface area contributed by atoms with Crippen molar-refractivity contribution in [3.8, 4) is 11.8 Å². The van der Waals surface area contributed by atoms with Crippen molar-refractivity contribution in [2.75, 3.05) is 6.61 Å². The van der Waals surface area contributed by atoms with Crippen LogP contribution < -0.4 is 0 Å². The second-order valence-corrected chi connectivity index (χ2v) is 5.83. The van der Waals surface area contributed by atoms with E-state index in [0.29, 0.717) is 5.56 Å². The number of aryl methyl sites for hydroxylation is 1. The second kappa shape index (κ2) is 6.78. The molecule has 1 aromatic carbocycles. The minimum absolute atomic E-state index is 0.0850. The number of benzene rings is 1. The Morgan fingerprint density at radius 1 is 1.33 bits per heavy atom. The van der Waals surface area contributed by atoms with E-state index in [4.69, 9.17) is 5.11 Å². The van der Waals surface area contributed by atoms with Crippen molar-refractivity contribution in [2.24, 2.45) is 0 Å². The van der Waals surface area contributed by atoms with Crippen LogP contribution in [0.3, 0.4) is 0 Å². The number of hydrogen-bond acceptors (Lipinski definition) is 2. The van der Waals surface area contributed by atoms with Gasteiger partial charge in [-0.2, -0.15) is 0 Å². The number of aliphatic hydroxyl groups is 1. The predicted octanol–water partition coefficient (Wildman–Crippen LogP) is 2.74. The smallest absolute Gasteiger partial charge is 0.254 e. The molecule has 3 nitrogen and oxygen atoms in total. The van der Waals surface area contributed by atoms with Gasteiger partial charge in [0.1, 0.15) is 6.61 Å². The van der Waals surface area contributed by atoms with Crippen LogP contribution in [0.4, 0.5) is 0 Å². The molecule has 1 aliphatic rings. The molecule has 0 radical (unpaired) electrons. The molecule has 0 spiro atoms. The molecule has 112 valence electrons. The maximum Gasteiger partial charge on any atom is 0.254 e. The molecule has 2 rings (SSSR count). The number of amides is 1. The van der Waals surface area contributed by atoms with Gasteiger partial charge >= 0.3 is 0 Å². The highest BCUT2D eigenvalue weighted by Gasteiger charge is 2.29. The predicted molar refractivity (Wildman–Crippen MR) is 84.1 cm³/mol. The normalized spacial score (nSPS) is 21.6. The number of carbonyl (C=O) groups is 1. The Balaban J connectivity index is 2.30. The summed E-state index contributed by atoms with van der Waals surface area (Å²) in [5, 5.41) is 8.82. The van der Waals surface area contributed by atoms with E-state index in [1.165, 1.54) is 6.42 Å². The van der Waals surface area contributed by atoms with Crippen LogP contribution in [0.15, 0.2) is 18.2 Å². The highest BCUT2D eigenvalue weighted by molar-refractivity contribution is 5.95. The summed E-state index contributed by atoms with van der Waals surface area (Å²) in [6, 6.07) is 6.21. The summed E-state index contributed by atoms with van der Waals surface area (Å²) in [5.74, 6) is 5.65. The molecule has 21 heavy (non-hydrogen) atoms. The van der Waals surface area contributed by atoms with E-state index in [1.54, 1.807) is 0 Å². The topological polar surface area (TPSA) is 40.5 Å². The zero-order valence-corrected chi connectivity index (χ0v) is 13.0. The van der Waals surface area contributed by atoms with Crippen LogP contribution >= 0.6 is 0 Å². The van der Waals surface area contributed by atoms with Crippen molar-refractivity contribution in [1.82, 2.24) is 4.90 Å². The molecule has 1 amide bonds. The monoisotopic (exact) mass is 285 g/mol. The van der Waals surface area contributed by atoms with E-state index in [0.717, 1.165) is 24.0 Å². The first-order valence-corrected chi connectivity index (χ1v) is 7.57. The molecule has 1 saturated heterocycles. The zero-order valence-electron chi connectivity index (χ0n) is 13.0. The fourth-order valence-corrected chi connectivity index (χ4v) is 3.00. The maximum absolute atomic E-state index is 12.8. The first kappa shape index (κ1) is 15.6. The average Bonchev–Trinajstić information content (AvgIpc) is 2.46. The van der Waals surface area contributed by atoms with E-state index in [1.807, 2.05) is 30.0 Å². The minimum Gasteiger partial charge on any atom is -0.384 e. The number of nitrogens with zero attached hydrogens (tertiary/aromatic N) is 1. The number of aliphatic hydroxyl groups excluding tert-OH is 1. The quantitative estimate of drug-likeness (QED) is 0.806. The van der Waals surface area contributed by atoms with Crippen LogP contribution in [0.2, 0.25) is 0 Å². The van der Waals surface area contributed by atoms with Crippen LogP contribution in [0.5, 0.6) is 0 Å². The Morgan fingerprint density at radius 3 is 2.62 bits per heavy atom. The van der Waals surface area contributed by atoms with Gasteiger partial charge in [0.05, 0.1) is 0 Å². The number of piperidine rings is 1. The molecular weight excluding hydrogens is 262 g/mol. The van der Waals surface area contributed by atoms with E-state index in [2.05, 4.69) is 25.7 Å². The molecule has 1 aromatic rings. The molecule has 0 saturated carbocycles. The molecule has 1 N–H and O–H groups in total. The summed E-state index contributed by atoms with van der Waals surface area (Å²) >= 11 is 0. The molecule has 1 aliphatic heterocycles. The Hall–Kier alpha value is -1.79. The summed E-state index contributed by atoms with van der Waals surface area (Å²) in [6.45, 7) is 6.03. The minimum atomic E-state index is -0.169. The van der Waals surface area contributed by atoms with Gasteiger partial charge in [-0.3, -0.25) is 4.79 Å². The van der Waals surface area contributed by atoms with Gasteiger partial charge in [0.15, 0.2) is 0 Å². The van der Waals surface area contributed by atoms with Crippen molar-refractivity contribution >= 4 is 5.91 Å². The lowest BCUT2D eigenvalue weighted by molar-refractivity contribution is 0.0510. The molecule has 0 unspecified atom stereocenters. The Bertz CT molecular complexity index is 573. The average molecular weight is 285 g/mol. The van der Waals surface area contributed by atoms with Crippen molar-refractivity contribution in [2.45, 2.75) is 52.1 Å². The fourth-order valence-electron chi connectivity index (χ4n) is 3.00. The Kier molecular flexibility index (Phi) is 5.03.